The summed E-state index contributed by atoms with van der Waals surface area (Å²) >= 11 is 0. The SMILES string of the molecule is CCCCOCCNS(=O)(=O)c1ccc(N)c(F)c1. The molecule has 0 atom stereocenters. The van der Waals surface area contributed by atoms with Gasteiger partial charge in [0.15, 0.2) is 0 Å². The Morgan fingerprint density at radius 3 is 2.74 bits per heavy atom. The fourth-order valence-electron chi connectivity index (χ4n) is 1.36. The van der Waals surface area contributed by atoms with E-state index in [4.69, 9.17) is 10.5 Å². The van der Waals surface area contributed by atoms with E-state index < -0.39 is 15.8 Å². The van der Waals surface area contributed by atoms with Gasteiger partial charge < -0.3 is 10.5 Å². The van der Waals surface area contributed by atoms with Gasteiger partial charge >= 0.3 is 0 Å². The summed E-state index contributed by atoms with van der Waals surface area (Å²) in [5, 5.41) is 0. The third-order valence-corrected chi connectivity index (χ3v) is 3.92. The van der Waals surface area contributed by atoms with E-state index in [1.54, 1.807) is 0 Å². The number of nitrogen functional groups attached to an aromatic ring is 1. The maximum absolute atomic E-state index is 13.2. The van der Waals surface area contributed by atoms with Crippen molar-refractivity contribution in [3.63, 3.8) is 0 Å². The number of hydrogen-bond acceptors (Lipinski definition) is 4. The number of benzene rings is 1. The zero-order chi connectivity index (χ0) is 14.3. The van der Waals surface area contributed by atoms with Crippen LogP contribution >= 0.6 is 0 Å². The van der Waals surface area contributed by atoms with Crippen LogP contribution in [0.15, 0.2) is 23.1 Å². The van der Waals surface area contributed by atoms with Gasteiger partial charge in [0.05, 0.1) is 17.2 Å². The lowest BCUT2D eigenvalue weighted by atomic mass is 10.3. The Morgan fingerprint density at radius 2 is 2.11 bits per heavy atom. The quantitative estimate of drug-likeness (QED) is 0.561. The summed E-state index contributed by atoms with van der Waals surface area (Å²) in [4.78, 5) is -0.146. The van der Waals surface area contributed by atoms with E-state index >= 15 is 0 Å². The molecule has 1 rings (SSSR count). The highest BCUT2D eigenvalue weighted by Gasteiger charge is 2.14. The van der Waals surface area contributed by atoms with Crippen LogP contribution in [0.5, 0.6) is 0 Å². The van der Waals surface area contributed by atoms with Gasteiger partial charge in [-0.1, -0.05) is 13.3 Å². The molecule has 0 bridgehead atoms. The molecule has 7 heteroatoms. The minimum Gasteiger partial charge on any atom is -0.396 e. The molecule has 1 aromatic carbocycles. The summed E-state index contributed by atoms with van der Waals surface area (Å²) in [7, 11) is -3.72. The van der Waals surface area contributed by atoms with Crippen LogP contribution in [0.2, 0.25) is 0 Å². The Bertz CT molecular complexity index is 506. The molecular weight excluding hydrogens is 271 g/mol. The molecule has 0 radical (unpaired) electrons. The topological polar surface area (TPSA) is 81.4 Å². The maximum Gasteiger partial charge on any atom is 0.240 e. The van der Waals surface area contributed by atoms with Gasteiger partial charge in [-0.3, -0.25) is 0 Å². The average Bonchev–Trinajstić information content (AvgIpc) is 2.36. The predicted octanol–water partition coefficient (Wildman–Crippen LogP) is 1.50. The highest BCUT2D eigenvalue weighted by atomic mass is 32.2. The van der Waals surface area contributed by atoms with E-state index in [0.717, 1.165) is 18.9 Å². The number of nitrogens with two attached hydrogens (primary N) is 1. The standard InChI is InChI=1S/C12H19FN2O3S/c1-2-3-7-18-8-6-15-19(16,17)10-4-5-12(14)11(13)9-10/h4-5,9,15H,2-3,6-8,14H2,1H3. The van der Waals surface area contributed by atoms with Gasteiger partial charge in [-0.25, -0.2) is 17.5 Å². The maximum atomic E-state index is 13.2. The first-order valence-corrected chi connectivity index (χ1v) is 7.58. The number of unbranched alkanes of at least 4 members (excludes halogenated alkanes) is 1. The third kappa shape index (κ3) is 5.14. The van der Waals surface area contributed by atoms with Crippen molar-refractivity contribution in [3.05, 3.63) is 24.0 Å². The molecule has 1 aromatic rings. The number of anilines is 1. The Kier molecular flexibility index (Phi) is 6.20. The summed E-state index contributed by atoms with van der Waals surface area (Å²) in [6.45, 7) is 3.09. The summed E-state index contributed by atoms with van der Waals surface area (Å²) < 4.78 is 44.4. The largest absolute Gasteiger partial charge is 0.396 e. The van der Waals surface area contributed by atoms with E-state index in [1.165, 1.54) is 12.1 Å². The number of sulfonamides is 1. The lowest BCUT2D eigenvalue weighted by Gasteiger charge is -2.08. The molecule has 0 amide bonds. The van der Waals surface area contributed by atoms with Crippen LogP contribution in [0.1, 0.15) is 19.8 Å². The second-order valence-electron chi connectivity index (χ2n) is 4.05. The molecule has 0 fully saturated rings. The summed E-state index contributed by atoms with van der Waals surface area (Å²) in [6.07, 6.45) is 1.96. The van der Waals surface area contributed by atoms with Crippen molar-refractivity contribution in [2.75, 3.05) is 25.5 Å². The first-order valence-electron chi connectivity index (χ1n) is 6.10. The van der Waals surface area contributed by atoms with Gasteiger partial charge in [0, 0.05) is 13.2 Å². The lowest BCUT2D eigenvalue weighted by Crippen LogP contribution is -2.27. The van der Waals surface area contributed by atoms with Crippen LogP contribution in [-0.4, -0.2) is 28.2 Å². The van der Waals surface area contributed by atoms with Crippen LogP contribution in [0, 0.1) is 5.82 Å². The molecule has 0 aliphatic heterocycles. The fraction of sp³-hybridized carbons (Fsp3) is 0.500. The van der Waals surface area contributed by atoms with Crippen molar-refractivity contribution in [1.82, 2.24) is 4.72 Å². The van der Waals surface area contributed by atoms with Gasteiger partial charge in [-0.2, -0.15) is 0 Å². The van der Waals surface area contributed by atoms with Crippen molar-refractivity contribution in [2.45, 2.75) is 24.7 Å². The van der Waals surface area contributed by atoms with E-state index in [2.05, 4.69) is 4.72 Å². The molecule has 0 spiro atoms. The van der Waals surface area contributed by atoms with Crippen molar-refractivity contribution in [3.8, 4) is 0 Å². The minimum atomic E-state index is -3.72. The van der Waals surface area contributed by atoms with E-state index in [0.29, 0.717) is 6.61 Å². The van der Waals surface area contributed by atoms with Gasteiger partial charge in [0.25, 0.3) is 0 Å². The average molecular weight is 290 g/mol. The molecule has 0 heterocycles. The molecule has 0 saturated heterocycles. The molecular formula is C12H19FN2O3S. The zero-order valence-electron chi connectivity index (χ0n) is 10.9. The van der Waals surface area contributed by atoms with Gasteiger partial charge in [-0.05, 0) is 24.6 Å². The number of hydrogen-bond donors (Lipinski definition) is 2. The van der Waals surface area contributed by atoms with Gasteiger partial charge in [0.1, 0.15) is 5.82 Å². The first-order chi connectivity index (χ1) is 8.97. The molecule has 0 aliphatic carbocycles. The Hall–Kier alpha value is -1.18. The van der Waals surface area contributed by atoms with Crippen LogP contribution in [-0.2, 0) is 14.8 Å². The normalized spacial score (nSPS) is 11.7. The van der Waals surface area contributed by atoms with Crippen LogP contribution in [0.3, 0.4) is 0 Å². The molecule has 3 N–H and O–H groups in total. The number of rotatable bonds is 8. The van der Waals surface area contributed by atoms with E-state index in [9.17, 15) is 12.8 Å². The molecule has 0 aliphatic rings. The molecule has 0 saturated carbocycles. The summed E-state index contributed by atoms with van der Waals surface area (Å²) in [5.74, 6) is -0.748. The van der Waals surface area contributed by atoms with Gasteiger partial charge in [0.2, 0.25) is 10.0 Å². The van der Waals surface area contributed by atoms with Crippen LogP contribution < -0.4 is 10.5 Å². The first kappa shape index (κ1) is 15.9. The minimum absolute atomic E-state index is 0.0816. The van der Waals surface area contributed by atoms with Crippen molar-refractivity contribution >= 4 is 15.7 Å². The van der Waals surface area contributed by atoms with Gasteiger partial charge in [-0.15, -0.1) is 0 Å². The highest BCUT2D eigenvalue weighted by molar-refractivity contribution is 7.89. The second-order valence-corrected chi connectivity index (χ2v) is 5.81. The number of ether oxygens (including phenoxy) is 1. The van der Waals surface area contributed by atoms with Crippen LogP contribution in [0.4, 0.5) is 10.1 Å². The highest BCUT2D eigenvalue weighted by Crippen LogP contribution is 2.15. The molecule has 0 aromatic heterocycles. The Labute approximate surface area is 113 Å². The summed E-state index contributed by atoms with van der Waals surface area (Å²) in [6, 6.07) is 3.38. The van der Waals surface area contributed by atoms with E-state index in [-0.39, 0.29) is 23.7 Å². The number of halogens is 1. The fourth-order valence-corrected chi connectivity index (χ4v) is 2.38. The number of nitrogens with one attached hydrogen (secondary N) is 1. The van der Waals surface area contributed by atoms with E-state index in [1.807, 2.05) is 6.92 Å². The van der Waals surface area contributed by atoms with Crippen molar-refractivity contribution in [2.24, 2.45) is 0 Å². The molecule has 108 valence electrons. The molecule has 5 nitrogen and oxygen atoms in total. The van der Waals surface area contributed by atoms with Crippen LogP contribution in [0.25, 0.3) is 0 Å². The second kappa shape index (κ2) is 7.42. The smallest absolute Gasteiger partial charge is 0.240 e. The zero-order valence-corrected chi connectivity index (χ0v) is 11.7. The Balaban J connectivity index is 2.49. The molecule has 0 unspecified atom stereocenters. The predicted molar refractivity (Wildman–Crippen MR) is 71.7 cm³/mol. The monoisotopic (exact) mass is 290 g/mol. The third-order valence-electron chi connectivity index (χ3n) is 2.46. The summed E-state index contributed by atoms with van der Waals surface area (Å²) in [5.41, 5.74) is 5.21. The lowest BCUT2D eigenvalue weighted by molar-refractivity contribution is 0.136. The Morgan fingerprint density at radius 1 is 1.37 bits per heavy atom. The van der Waals surface area contributed by atoms with Crippen molar-refractivity contribution < 1.29 is 17.5 Å². The van der Waals surface area contributed by atoms with Crippen molar-refractivity contribution in [1.29, 1.82) is 0 Å². The molecule has 19 heavy (non-hydrogen) atoms.